The summed E-state index contributed by atoms with van der Waals surface area (Å²) in [5.74, 6) is 0.225. The number of anilines is 1. The van der Waals surface area contributed by atoms with Gasteiger partial charge < -0.3 is 14.8 Å². The highest BCUT2D eigenvalue weighted by Crippen LogP contribution is 2.32. The zero-order chi connectivity index (χ0) is 17.8. The molecule has 0 radical (unpaired) electrons. The minimum atomic E-state index is -0.241. The first kappa shape index (κ1) is 17.2. The molecule has 2 heterocycles. The molecule has 0 atom stereocenters. The summed E-state index contributed by atoms with van der Waals surface area (Å²) in [7, 11) is 0. The molecule has 1 fully saturated rings. The molecule has 0 spiro atoms. The maximum Gasteiger partial charge on any atom is 0.266 e. The molecule has 6 nitrogen and oxygen atoms in total. The summed E-state index contributed by atoms with van der Waals surface area (Å²) in [6, 6.07) is 9.64. The first-order valence-electron chi connectivity index (χ1n) is 7.41. The van der Waals surface area contributed by atoms with Gasteiger partial charge in [0.2, 0.25) is 5.91 Å². The highest BCUT2D eigenvalue weighted by Gasteiger charge is 2.32. The number of thioether (sulfide) groups is 1. The van der Waals surface area contributed by atoms with Gasteiger partial charge in [0.05, 0.1) is 11.2 Å². The number of thiocarbonyl (C=S) groups is 1. The molecule has 0 unspecified atom stereocenters. The minimum Gasteiger partial charge on any atom is -0.508 e. The molecule has 128 valence electrons. The molecule has 2 N–H and O–H groups in total. The molecule has 0 bridgehead atoms. The number of benzene rings is 1. The molecule has 0 aliphatic carbocycles. The van der Waals surface area contributed by atoms with Crippen molar-refractivity contribution in [3.05, 3.63) is 53.3 Å². The van der Waals surface area contributed by atoms with Gasteiger partial charge in [-0.15, -0.1) is 0 Å². The maximum absolute atomic E-state index is 12.4. The van der Waals surface area contributed by atoms with Crippen LogP contribution in [-0.2, 0) is 9.59 Å². The molecule has 1 aromatic heterocycles. The highest BCUT2D eigenvalue weighted by atomic mass is 32.2. The van der Waals surface area contributed by atoms with Crippen molar-refractivity contribution in [3.8, 4) is 5.75 Å². The third-order valence-corrected chi connectivity index (χ3v) is 4.78. The molecule has 8 heteroatoms. The maximum atomic E-state index is 12.4. The molecular weight excluding hydrogens is 360 g/mol. The van der Waals surface area contributed by atoms with Gasteiger partial charge in [-0.1, -0.05) is 24.0 Å². The first-order valence-corrected chi connectivity index (χ1v) is 8.63. The van der Waals surface area contributed by atoms with Crippen LogP contribution in [-0.4, -0.2) is 32.7 Å². The second kappa shape index (κ2) is 7.54. The summed E-state index contributed by atoms with van der Waals surface area (Å²) < 4.78 is 5.62. The summed E-state index contributed by atoms with van der Waals surface area (Å²) in [4.78, 5) is 26.3. The van der Waals surface area contributed by atoms with Crippen molar-refractivity contribution in [3.63, 3.8) is 0 Å². The van der Waals surface area contributed by atoms with Gasteiger partial charge in [0.1, 0.15) is 15.8 Å². The zero-order valence-corrected chi connectivity index (χ0v) is 14.6. The Hall–Kier alpha value is -2.58. The van der Waals surface area contributed by atoms with Crippen molar-refractivity contribution < 1.29 is 19.1 Å². The smallest absolute Gasteiger partial charge is 0.266 e. The van der Waals surface area contributed by atoms with E-state index in [9.17, 15) is 14.7 Å². The Balaban J connectivity index is 1.57. The molecule has 2 amide bonds. The van der Waals surface area contributed by atoms with E-state index in [2.05, 4.69) is 5.32 Å². The Morgan fingerprint density at radius 3 is 2.76 bits per heavy atom. The monoisotopic (exact) mass is 374 g/mol. The van der Waals surface area contributed by atoms with Crippen LogP contribution in [0.3, 0.4) is 0 Å². The predicted octanol–water partition coefficient (Wildman–Crippen LogP) is 3.22. The van der Waals surface area contributed by atoms with Gasteiger partial charge in [-0.3, -0.25) is 14.5 Å². The van der Waals surface area contributed by atoms with Crippen molar-refractivity contribution in [2.75, 3.05) is 11.9 Å². The van der Waals surface area contributed by atoms with Gasteiger partial charge in [0.15, 0.2) is 0 Å². The van der Waals surface area contributed by atoms with Gasteiger partial charge >= 0.3 is 0 Å². The highest BCUT2D eigenvalue weighted by molar-refractivity contribution is 8.26. The predicted molar refractivity (Wildman–Crippen MR) is 99.9 cm³/mol. The molecule has 1 saturated heterocycles. The summed E-state index contributed by atoms with van der Waals surface area (Å²) in [5, 5.41) is 11.9. The van der Waals surface area contributed by atoms with Gasteiger partial charge in [-0.25, -0.2) is 0 Å². The van der Waals surface area contributed by atoms with Crippen LogP contribution in [0.1, 0.15) is 12.2 Å². The van der Waals surface area contributed by atoms with Crippen LogP contribution in [0.4, 0.5) is 5.69 Å². The van der Waals surface area contributed by atoms with E-state index in [-0.39, 0.29) is 30.5 Å². The van der Waals surface area contributed by atoms with Crippen LogP contribution in [0, 0.1) is 0 Å². The number of nitrogens with one attached hydrogen (secondary N) is 1. The quantitative estimate of drug-likeness (QED) is 0.475. The average molecular weight is 374 g/mol. The van der Waals surface area contributed by atoms with Gasteiger partial charge in [-0.05, 0) is 36.4 Å². The van der Waals surface area contributed by atoms with Crippen molar-refractivity contribution >= 4 is 51.9 Å². The Morgan fingerprint density at radius 1 is 1.32 bits per heavy atom. The first-order chi connectivity index (χ1) is 12.0. The summed E-state index contributed by atoms with van der Waals surface area (Å²) in [6.07, 6.45) is 3.28. The number of amides is 2. The molecule has 2 aromatic rings. The van der Waals surface area contributed by atoms with E-state index < -0.39 is 0 Å². The number of hydrogen-bond donors (Lipinski definition) is 2. The molecular formula is C17H14N2O4S2. The van der Waals surface area contributed by atoms with E-state index in [0.29, 0.717) is 20.7 Å². The van der Waals surface area contributed by atoms with Crippen LogP contribution < -0.4 is 5.32 Å². The fourth-order valence-electron chi connectivity index (χ4n) is 2.18. The number of rotatable bonds is 5. The zero-order valence-electron chi connectivity index (χ0n) is 13.0. The number of hydrogen-bond acceptors (Lipinski definition) is 6. The van der Waals surface area contributed by atoms with Crippen LogP contribution in [0.15, 0.2) is 52.0 Å². The van der Waals surface area contributed by atoms with Crippen LogP contribution in [0.5, 0.6) is 5.75 Å². The third kappa shape index (κ3) is 4.28. The molecule has 1 aromatic carbocycles. The lowest BCUT2D eigenvalue weighted by Crippen LogP contribution is -2.31. The summed E-state index contributed by atoms with van der Waals surface area (Å²) >= 11 is 6.41. The largest absolute Gasteiger partial charge is 0.508 e. The lowest BCUT2D eigenvalue weighted by Gasteiger charge is -2.14. The van der Waals surface area contributed by atoms with Crippen molar-refractivity contribution in [1.29, 1.82) is 0 Å². The fraction of sp³-hybridized carbons (Fsp3) is 0.118. The van der Waals surface area contributed by atoms with E-state index in [1.54, 1.807) is 30.3 Å². The number of carbonyl (C=O) groups excluding carboxylic acids is 2. The normalized spacial score (nSPS) is 15.8. The number of aromatic hydroxyl groups is 1. The fourth-order valence-corrected chi connectivity index (χ4v) is 3.47. The van der Waals surface area contributed by atoms with E-state index in [1.807, 2.05) is 0 Å². The van der Waals surface area contributed by atoms with Gasteiger partial charge in [-0.2, -0.15) is 0 Å². The Morgan fingerprint density at radius 2 is 2.08 bits per heavy atom. The van der Waals surface area contributed by atoms with Crippen LogP contribution >= 0.6 is 24.0 Å². The van der Waals surface area contributed by atoms with Crippen molar-refractivity contribution in [2.45, 2.75) is 6.42 Å². The summed E-state index contributed by atoms with van der Waals surface area (Å²) in [6.45, 7) is 0.198. The number of carbonyl (C=O) groups is 2. The van der Waals surface area contributed by atoms with E-state index in [4.69, 9.17) is 16.6 Å². The van der Waals surface area contributed by atoms with Crippen LogP contribution in [0.2, 0.25) is 0 Å². The van der Waals surface area contributed by atoms with Crippen molar-refractivity contribution in [2.24, 2.45) is 0 Å². The number of phenolic OH excluding ortho intramolecular Hbond substituents is 1. The molecule has 1 aliphatic heterocycles. The Kier molecular flexibility index (Phi) is 5.20. The Labute approximate surface area is 153 Å². The molecule has 25 heavy (non-hydrogen) atoms. The standard InChI is InChI=1S/C17H14N2O4S2/c20-12-5-3-11(4-6-12)18-15(21)7-8-19-16(22)14(25-17(19)24)10-13-2-1-9-23-13/h1-6,9-10,20H,7-8H2,(H,18,21)/b14-10+. The van der Waals surface area contributed by atoms with Gasteiger partial charge in [0.25, 0.3) is 5.91 Å². The molecule has 0 saturated carbocycles. The summed E-state index contributed by atoms with van der Waals surface area (Å²) in [5.41, 5.74) is 0.575. The van der Waals surface area contributed by atoms with Gasteiger partial charge in [0, 0.05) is 24.7 Å². The number of furan rings is 1. The minimum absolute atomic E-state index is 0.112. The van der Waals surface area contributed by atoms with E-state index in [1.165, 1.54) is 35.1 Å². The van der Waals surface area contributed by atoms with E-state index in [0.717, 1.165) is 0 Å². The lowest BCUT2D eigenvalue weighted by molar-refractivity contribution is -0.122. The van der Waals surface area contributed by atoms with Crippen molar-refractivity contribution in [1.82, 2.24) is 4.90 Å². The second-order valence-corrected chi connectivity index (χ2v) is 6.87. The Bertz CT molecular complexity index is 829. The third-order valence-electron chi connectivity index (χ3n) is 3.40. The topological polar surface area (TPSA) is 82.8 Å². The number of phenols is 1. The SMILES string of the molecule is O=C(CCN1C(=O)/C(=C\c2ccco2)SC1=S)Nc1ccc(O)cc1. The lowest BCUT2D eigenvalue weighted by atomic mass is 10.3. The second-order valence-electron chi connectivity index (χ2n) is 5.19. The van der Waals surface area contributed by atoms with Crippen LogP contribution in [0.25, 0.3) is 6.08 Å². The molecule has 1 aliphatic rings. The number of nitrogens with zero attached hydrogens (tertiary/aromatic N) is 1. The van der Waals surface area contributed by atoms with E-state index >= 15 is 0 Å². The average Bonchev–Trinajstić information content (AvgIpc) is 3.18. The molecule has 3 rings (SSSR count).